The molecule has 3 aromatic rings. The van der Waals surface area contributed by atoms with E-state index in [1.807, 2.05) is 67.7 Å². The molecular formula is C25H27N3O4. The van der Waals surface area contributed by atoms with Gasteiger partial charge in [-0.2, -0.15) is 0 Å². The predicted molar refractivity (Wildman–Crippen MR) is 122 cm³/mol. The molecule has 0 radical (unpaired) electrons. The Bertz CT molecular complexity index is 1120. The SMILES string of the molecule is CCOc1cc(CNC(=O)CCC(=O)N2Cc3cccn3-c3ccccc32)ccc1OC. The van der Waals surface area contributed by atoms with Crippen molar-refractivity contribution in [3.05, 3.63) is 72.1 Å². The van der Waals surface area contributed by atoms with E-state index in [1.54, 1.807) is 12.0 Å². The maximum absolute atomic E-state index is 13.0. The number of para-hydroxylation sites is 2. The van der Waals surface area contributed by atoms with Gasteiger partial charge in [0.15, 0.2) is 11.5 Å². The lowest BCUT2D eigenvalue weighted by Crippen LogP contribution is -2.35. The first kappa shape index (κ1) is 21.5. The van der Waals surface area contributed by atoms with Crippen LogP contribution in [0.1, 0.15) is 31.0 Å². The molecule has 1 aliphatic rings. The third-order valence-electron chi connectivity index (χ3n) is 5.47. The molecule has 1 aromatic heterocycles. The van der Waals surface area contributed by atoms with Crippen molar-refractivity contribution in [2.45, 2.75) is 32.9 Å². The number of benzene rings is 2. The molecule has 0 fully saturated rings. The Balaban J connectivity index is 1.34. The van der Waals surface area contributed by atoms with Crippen molar-refractivity contribution in [2.24, 2.45) is 0 Å². The lowest BCUT2D eigenvalue weighted by atomic mass is 10.1. The molecule has 0 saturated heterocycles. The van der Waals surface area contributed by atoms with E-state index in [2.05, 4.69) is 9.88 Å². The van der Waals surface area contributed by atoms with Crippen LogP contribution in [0, 0.1) is 0 Å². The van der Waals surface area contributed by atoms with Crippen molar-refractivity contribution >= 4 is 17.5 Å². The molecule has 0 spiro atoms. The van der Waals surface area contributed by atoms with Crippen LogP contribution in [0.4, 0.5) is 5.69 Å². The van der Waals surface area contributed by atoms with Crippen molar-refractivity contribution in [2.75, 3.05) is 18.6 Å². The van der Waals surface area contributed by atoms with Crippen LogP contribution < -0.4 is 19.7 Å². The summed E-state index contributed by atoms with van der Waals surface area (Å²) >= 11 is 0. The Morgan fingerprint density at radius 2 is 1.81 bits per heavy atom. The molecule has 1 aliphatic heterocycles. The van der Waals surface area contributed by atoms with E-state index < -0.39 is 0 Å². The molecule has 0 bridgehead atoms. The second kappa shape index (κ2) is 9.60. The van der Waals surface area contributed by atoms with Crippen LogP contribution in [0.25, 0.3) is 5.69 Å². The summed E-state index contributed by atoms with van der Waals surface area (Å²) in [5.74, 6) is 1.06. The Morgan fingerprint density at radius 3 is 2.59 bits per heavy atom. The second-order valence-corrected chi connectivity index (χ2v) is 7.53. The number of nitrogens with zero attached hydrogens (tertiary/aromatic N) is 2. The summed E-state index contributed by atoms with van der Waals surface area (Å²) in [6.07, 6.45) is 2.28. The highest BCUT2D eigenvalue weighted by molar-refractivity contribution is 5.97. The lowest BCUT2D eigenvalue weighted by Gasteiger charge is -2.31. The normalized spacial score (nSPS) is 12.0. The van der Waals surface area contributed by atoms with Gasteiger partial charge >= 0.3 is 0 Å². The molecule has 7 nitrogen and oxygen atoms in total. The lowest BCUT2D eigenvalue weighted by molar-refractivity contribution is -0.125. The maximum Gasteiger partial charge on any atom is 0.227 e. The molecular weight excluding hydrogens is 406 g/mol. The highest BCUT2D eigenvalue weighted by Gasteiger charge is 2.25. The smallest absolute Gasteiger partial charge is 0.227 e. The number of amides is 2. The van der Waals surface area contributed by atoms with Gasteiger partial charge in [0.05, 0.1) is 31.6 Å². The molecule has 1 N–H and O–H groups in total. The summed E-state index contributed by atoms with van der Waals surface area (Å²) in [6.45, 7) is 3.29. The number of carbonyl (C=O) groups is 2. The monoisotopic (exact) mass is 433 g/mol. The van der Waals surface area contributed by atoms with Gasteiger partial charge < -0.3 is 24.3 Å². The zero-order chi connectivity index (χ0) is 22.5. The molecule has 0 aliphatic carbocycles. The number of rotatable bonds is 8. The van der Waals surface area contributed by atoms with Gasteiger partial charge in [0.2, 0.25) is 11.8 Å². The molecule has 4 rings (SSSR count). The predicted octanol–water partition coefficient (Wildman–Crippen LogP) is 3.83. The summed E-state index contributed by atoms with van der Waals surface area (Å²) in [5, 5.41) is 2.88. The average Bonchev–Trinajstić information content (AvgIpc) is 3.30. The summed E-state index contributed by atoms with van der Waals surface area (Å²) < 4.78 is 13.0. The molecule has 0 unspecified atom stereocenters. The van der Waals surface area contributed by atoms with Crippen molar-refractivity contribution < 1.29 is 19.1 Å². The van der Waals surface area contributed by atoms with Crippen molar-refractivity contribution in [1.82, 2.24) is 9.88 Å². The number of nitrogens with one attached hydrogen (secondary N) is 1. The van der Waals surface area contributed by atoms with Crippen molar-refractivity contribution in [3.63, 3.8) is 0 Å². The zero-order valence-electron chi connectivity index (χ0n) is 18.3. The van der Waals surface area contributed by atoms with Crippen LogP contribution in [-0.2, 0) is 22.7 Å². The van der Waals surface area contributed by atoms with Crippen LogP contribution in [0.2, 0.25) is 0 Å². The number of anilines is 1. The molecule has 2 amide bonds. The van der Waals surface area contributed by atoms with Gasteiger partial charge in [-0.1, -0.05) is 18.2 Å². The molecule has 0 saturated carbocycles. The fraction of sp³-hybridized carbons (Fsp3) is 0.280. The van der Waals surface area contributed by atoms with Crippen molar-refractivity contribution in [3.8, 4) is 17.2 Å². The fourth-order valence-electron chi connectivity index (χ4n) is 3.89. The number of carbonyl (C=O) groups excluding carboxylic acids is 2. The average molecular weight is 434 g/mol. The van der Waals surface area contributed by atoms with Gasteiger partial charge in [0.1, 0.15) is 0 Å². The van der Waals surface area contributed by atoms with Gasteiger partial charge in [-0.25, -0.2) is 0 Å². The summed E-state index contributed by atoms with van der Waals surface area (Å²) in [4.78, 5) is 27.1. The quantitative estimate of drug-likeness (QED) is 0.586. The first-order chi connectivity index (χ1) is 15.6. The standard InChI is InChI=1S/C25H27N3O4/c1-3-32-23-15-18(10-11-22(23)31-2)16-26-24(29)12-13-25(30)28-17-19-7-6-14-27(19)20-8-4-5-9-21(20)28/h4-11,14-15H,3,12-13,16-17H2,1-2H3,(H,26,29). The van der Waals surface area contributed by atoms with E-state index in [1.165, 1.54) is 0 Å². The van der Waals surface area contributed by atoms with Crippen LogP contribution >= 0.6 is 0 Å². The fourth-order valence-corrected chi connectivity index (χ4v) is 3.89. The van der Waals surface area contributed by atoms with Crippen molar-refractivity contribution in [1.29, 1.82) is 0 Å². The van der Waals surface area contributed by atoms with Gasteiger partial charge in [0.25, 0.3) is 0 Å². The molecule has 166 valence electrons. The van der Waals surface area contributed by atoms with Gasteiger partial charge in [-0.05, 0) is 48.9 Å². The third-order valence-corrected chi connectivity index (χ3v) is 5.47. The Morgan fingerprint density at radius 1 is 1.00 bits per heavy atom. The highest BCUT2D eigenvalue weighted by atomic mass is 16.5. The minimum Gasteiger partial charge on any atom is -0.493 e. The third kappa shape index (κ3) is 4.46. The number of aromatic nitrogens is 1. The van der Waals surface area contributed by atoms with Crippen LogP contribution in [-0.4, -0.2) is 30.1 Å². The van der Waals surface area contributed by atoms with E-state index in [0.29, 0.717) is 31.2 Å². The number of hydrogen-bond donors (Lipinski definition) is 1. The minimum atomic E-state index is -0.166. The zero-order valence-corrected chi connectivity index (χ0v) is 18.3. The largest absolute Gasteiger partial charge is 0.493 e. The van der Waals surface area contributed by atoms with Gasteiger partial charge in [-0.15, -0.1) is 0 Å². The number of ether oxygens (including phenoxy) is 2. The highest BCUT2D eigenvalue weighted by Crippen LogP contribution is 2.32. The molecule has 32 heavy (non-hydrogen) atoms. The minimum absolute atomic E-state index is 0.0665. The maximum atomic E-state index is 13.0. The van der Waals surface area contributed by atoms with E-state index in [9.17, 15) is 9.59 Å². The van der Waals surface area contributed by atoms with E-state index in [-0.39, 0.29) is 24.7 Å². The van der Waals surface area contributed by atoms with Crippen LogP contribution in [0.5, 0.6) is 11.5 Å². The van der Waals surface area contributed by atoms with E-state index in [0.717, 1.165) is 22.6 Å². The van der Waals surface area contributed by atoms with E-state index >= 15 is 0 Å². The Labute approximate surface area is 187 Å². The summed E-state index contributed by atoms with van der Waals surface area (Å²) in [6, 6.07) is 17.4. The molecule has 0 atom stereocenters. The van der Waals surface area contributed by atoms with Gasteiger partial charge in [-0.3, -0.25) is 9.59 Å². The Kier molecular flexibility index (Phi) is 6.44. The summed E-state index contributed by atoms with van der Waals surface area (Å²) in [5.41, 5.74) is 3.79. The van der Waals surface area contributed by atoms with Crippen LogP contribution in [0.3, 0.4) is 0 Å². The first-order valence-electron chi connectivity index (χ1n) is 10.7. The van der Waals surface area contributed by atoms with E-state index in [4.69, 9.17) is 9.47 Å². The van der Waals surface area contributed by atoms with Crippen LogP contribution in [0.15, 0.2) is 60.8 Å². The first-order valence-corrected chi connectivity index (χ1v) is 10.7. The number of fused-ring (bicyclic) bond motifs is 3. The molecule has 2 heterocycles. The topological polar surface area (TPSA) is 72.8 Å². The Hall–Kier alpha value is -3.74. The second-order valence-electron chi connectivity index (χ2n) is 7.53. The summed E-state index contributed by atoms with van der Waals surface area (Å²) in [7, 11) is 1.59. The molecule has 7 heteroatoms. The molecule has 2 aromatic carbocycles. The van der Waals surface area contributed by atoms with Gasteiger partial charge in [0, 0.05) is 31.3 Å². The number of methoxy groups -OCH3 is 1. The number of hydrogen-bond acceptors (Lipinski definition) is 4.